The number of guanidine groups is 1. The lowest BCUT2D eigenvalue weighted by molar-refractivity contribution is -0.0506. The first kappa shape index (κ1) is 25.7. The van der Waals surface area contributed by atoms with Crippen LogP contribution in [0.25, 0.3) is 0 Å². The van der Waals surface area contributed by atoms with Crippen molar-refractivity contribution < 1.29 is 27.4 Å². The van der Waals surface area contributed by atoms with E-state index in [9.17, 15) is 13.2 Å². The van der Waals surface area contributed by atoms with Crippen LogP contribution in [0.1, 0.15) is 18.1 Å². The number of benzene rings is 2. The van der Waals surface area contributed by atoms with Crippen molar-refractivity contribution in [3.8, 4) is 17.2 Å². The standard InChI is InChI=1S/C20H24F3N3O3.HI/c1-4-24-20(25-11-13-8-9-14(27-2)10-18(13)28-3)26-12-15-16(21)6-5-7-17(15)29-19(22)23;/h5-10,19H,4,11-12H2,1-3H3,(H2,24,25,26);1H. The Bertz CT molecular complexity index is 838. The molecule has 0 fully saturated rings. The number of ether oxygens (including phenoxy) is 3. The number of alkyl halides is 2. The maximum absolute atomic E-state index is 14.1. The minimum absolute atomic E-state index is 0. The lowest BCUT2D eigenvalue weighted by atomic mass is 10.2. The van der Waals surface area contributed by atoms with Crippen molar-refractivity contribution in [1.82, 2.24) is 10.6 Å². The van der Waals surface area contributed by atoms with Crippen LogP contribution in [0.2, 0.25) is 0 Å². The van der Waals surface area contributed by atoms with Gasteiger partial charge in [0.2, 0.25) is 0 Å². The summed E-state index contributed by atoms with van der Waals surface area (Å²) in [6, 6.07) is 9.15. The first-order valence-corrected chi connectivity index (χ1v) is 8.93. The number of halogens is 4. The van der Waals surface area contributed by atoms with E-state index in [0.717, 1.165) is 5.56 Å². The van der Waals surface area contributed by atoms with Gasteiger partial charge in [0, 0.05) is 30.3 Å². The van der Waals surface area contributed by atoms with Crippen molar-refractivity contribution in [3.63, 3.8) is 0 Å². The molecule has 2 aromatic rings. The Morgan fingerprint density at radius 1 is 1.07 bits per heavy atom. The highest BCUT2D eigenvalue weighted by Crippen LogP contribution is 2.25. The second kappa shape index (κ2) is 13.0. The third-order valence-corrected chi connectivity index (χ3v) is 3.97. The van der Waals surface area contributed by atoms with E-state index in [0.29, 0.717) is 24.0 Å². The predicted octanol–water partition coefficient (Wildman–Crippen LogP) is 4.32. The predicted molar refractivity (Wildman–Crippen MR) is 120 cm³/mol. The van der Waals surface area contributed by atoms with Gasteiger partial charge in [-0.05, 0) is 31.2 Å². The number of methoxy groups -OCH3 is 2. The summed E-state index contributed by atoms with van der Waals surface area (Å²) in [5, 5.41) is 5.96. The lowest BCUT2D eigenvalue weighted by Crippen LogP contribution is -2.37. The minimum atomic E-state index is -3.04. The zero-order chi connectivity index (χ0) is 21.2. The third-order valence-electron chi connectivity index (χ3n) is 3.97. The zero-order valence-corrected chi connectivity index (χ0v) is 19.2. The van der Waals surface area contributed by atoms with Crippen LogP contribution >= 0.6 is 24.0 Å². The topological polar surface area (TPSA) is 64.1 Å². The van der Waals surface area contributed by atoms with Gasteiger partial charge in [-0.3, -0.25) is 0 Å². The average Bonchev–Trinajstić information content (AvgIpc) is 2.70. The first-order chi connectivity index (χ1) is 14.0. The van der Waals surface area contributed by atoms with Gasteiger partial charge in [-0.1, -0.05) is 6.07 Å². The van der Waals surface area contributed by atoms with Gasteiger partial charge in [-0.15, -0.1) is 24.0 Å². The van der Waals surface area contributed by atoms with Crippen LogP contribution in [0.4, 0.5) is 13.2 Å². The van der Waals surface area contributed by atoms with E-state index in [1.807, 2.05) is 13.0 Å². The van der Waals surface area contributed by atoms with Gasteiger partial charge in [0.1, 0.15) is 23.1 Å². The Hall–Kier alpha value is -2.37. The zero-order valence-electron chi connectivity index (χ0n) is 16.9. The van der Waals surface area contributed by atoms with Gasteiger partial charge >= 0.3 is 6.61 Å². The largest absolute Gasteiger partial charge is 0.497 e. The molecular weight excluding hydrogens is 514 g/mol. The molecule has 0 atom stereocenters. The Morgan fingerprint density at radius 3 is 2.47 bits per heavy atom. The maximum Gasteiger partial charge on any atom is 0.387 e. The van der Waals surface area contributed by atoms with Crippen LogP contribution in [-0.4, -0.2) is 33.3 Å². The maximum atomic E-state index is 14.1. The van der Waals surface area contributed by atoms with Crippen LogP contribution in [0.3, 0.4) is 0 Å². The fourth-order valence-electron chi connectivity index (χ4n) is 2.58. The van der Waals surface area contributed by atoms with E-state index < -0.39 is 12.4 Å². The van der Waals surface area contributed by atoms with Crippen LogP contribution in [0.5, 0.6) is 17.2 Å². The summed E-state index contributed by atoms with van der Waals surface area (Å²) in [6.07, 6.45) is 0. The summed E-state index contributed by atoms with van der Waals surface area (Å²) in [5.41, 5.74) is 0.804. The molecule has 0 aliphatic rings. The highest BCUT2D eigenvalue weighted by Gasteiger charge is 2.14. The molecule has 0 bridgehead atoms. The summed E-state index contributed by atoms with van der Waals surface area (Å²) >= 11 is 0. The number of nitrogens with one attached hydrogen (secondary N) is 2. The molecule has 0 aliphatic carbocycles. The smallest absolute Gasteiger partial charge is 0.387 e. The fourth-order valence-corrected chi connectivity index (χ4v) is 2.58. The van der Waals surface area contributed by atoms with E-state index in [1.54, 1.807) is 26.4 Å². The van der Waals surface area contributed by atoms with Crippen molar-refractivity contribution in [2.24, 2.45) is 4.99 Å². The molecule has 166 valence electrons. The Balaban J connectivity index is 0.00000450. The molecule has 6 nitrogen and oxygen atoms in total. The molecule has 2 aromatic carbocycles. The van der Waals surface area contributed by atoms with Gasteiger partial charge in [-0.25, -0.2) is 9.38 Å². The molecule has 0 aromatic heterocycles. The normalized spacial score (nSPS) is 11.0. The summed E-state index contributed by atoms with van der Waals surface area (Å²) < 4.78 is 54.2. The Kier molecular flexibility index (Phi) is 11.2. The molecule has 0 amide bonds. The van der Waals surface area contributed by atoms with Gasteiger partial charge < -0.3 is 24.8 Å². The molecule has 0 unspecified atom stereocenters. The van der Waals surface area contributed by atoms with Gasteiger partial charge in [0.25, 0.3) is 0 Å². The molecule has 30 heavy (non-hydrogen) atoms. The summed E-state index contributed by atoms with van der Waals surface area (Å²) in [5.74, 6) is 0.788. The monoisotopic (exact) mass is 539 g/mol. The SMILES string of the molecule is CCNC(=NCc1ccc(OC)cc1OC)NCc1c(F)cccc1OC(F)F.I. The Morgan fingerprint density at radius 2 is 1.83 bits per heavy atom. The molecule has 2 rings (SSSR count). The highest BCUT2D eigenvalue weighted by atomic mass is 127. The van der Waals surface area contributed by atoms with Crippen molar-refractivity contribution in [2.75, 3.05) is 20.8 Å². The van der Waals surface area contributed by atoms with Crippen molar-refractivity contribution in [2.45, 2.75) is 26.6 Å². The van der Waals surface area contributed by atoms with E-state index in [2.05, 4.69) is 20.4 Å². The van der Waals surface area contributed by atoms with E-state index >= 15 is 0 Å². The molecule has 0 saturated heterocycles. The lowest BCUT2D eigenvalue weighted by Gasteiger charge is -2.15. The van der Waals surface area contributed by atoms with Crippen LogP contribution in [-0.2, 0) is 13.1 Å². The average molecular weight is 539 g/mol. The number of hydrogen-bond acceptors (Lipinski definition) is 4. The molecular formula is C20H25F3IN3O3. The van der Waals surface area contributed by atoms with Crippen LogP contribution < -0.4 is 24.8 Å². The number of hydrogen-bond donors (Lipinski definition) is 2. The van der Waals surface area contributed by atoms with E-state index in [1.165, 1.54) is 18.2 Å². The first-order valence-electron chi connectivity index (χ1n) is 8.93. The summed E-state index contributed by atoms with van der Waals surface area (Å²) in [4.78, 5) is 4.45. The van der Waals surface area contributed by atoms with Gasteiger partial charge in [-0.2, -0.15) is 8.78 Å². The quantitative estimate of drug-likeness (QED) is 0.283. The molecule has 0 spiro atoms. The van der Waals surface area contributed by atoms with E-state index in [-0.39, 0.29) is 48.4 Å². The molecule has 0 saturated carbocycles. The summed E-state index contributed by atoms with van der Waals surface area (Å²) in [7, 11) is 3.11. The van der Waals surface area contributed by atoms with Gasteiger partial charge in [0.15, 0.2) is 5.96 Å². The fraction of sp³-hybridized carbons (Fsp3) is 0.350. The third kappa shape index (κ3) is 7.47. The number of nitrogens with zero attached hydrogens (tertiary/aromatic N) is 1. The second-order valence-electron chi connectivity index (χ2n) is 5.82. The van der Waals surface area contributed by atoms with Crippen molar-refractivity contribution >= 4 is 29.9 Å². The molecule has 0 radical (unpaired) electrons. The molecule has 2 N–H and O–H groups in total. The summed E-state index contributed by atoms with van der Waals surface area (Å²) in [6.45, 7) is -0.413. The number of rotatable bonds is 9. The molecule has 10 heteroatoms. The highest BCUT2D eigenvalue weighted by molar-refractivity contribution is 14.0. The van der Waals surface area contributed by atoms with Crippen molar-refractivity contribution in [3.05, 3.63) is 53.3 Å². The Labute approximate surface area is 190 Å². The minimum Gasteiger partial charge on any atom is -0.497 e. The van der Waals surface area contributed by atoms with Crippen LogP contribution in [0, 0.1) is 5.82 Å². The van der Waals surface area contributed by atoms with Crippen LogP contribution in [0.15, 0.2) is 41.4 Å². The van der Waals surface area contributed by atoms with E-state index in [4.69, 9.17) is 9.47 Å². The number of aliphatic imine (C=N–C) groups is 1. The second-order valence-corrected chi connectivity index (χ2v) is 5.82. The van der Waals surface area contributed by atoms with Gasteiger partial charge in [0.05, 0.1) is 20.8 Å². The molecule has 0 heterocycles. The van der Waals surface area contributed by atoms with Crippen molar-refractivity contribution in [1.29, 1.82) is 0 Å². The molecule has 0 aliphatic heterocycles.